The maximum absolute atomic E-state index is 12.8. The van der Waals surface area contributed by atoms with E-state index in [9.17, 15) is 9.00 Å². The molecule has 1 aliphatic heterocycles. The number of rotatable bonds is 4. The van der Waals surface area contributed by atoms with Crippen LogP contribution < -0.4 is 0 Å². The van der Waals surface area contributed by atoms with Crippen LogP contribution >= 0.6 is 0 Å². The van der Waals surface area contributed by atoms with E-state index in [0.29, 0.717) is 11.3 Å². The number of hydrogen-bond acceptors (Lipinski definition) is 2. The number of carbonyl (C=O) groups is 1. The van der Waals surface area contributed by atoms with Crippen molar-refractivity contribution >= 4 is 16.7 Å². The van der Waals surface area contributed by atoms with Gasteiger partial charge in [0.2, 0.25) is 0 Å². The first-order valence-corrected chi connectivity index (χ1v) is 9.21. The van der Waals surface area contributed by atoms with Crippen molar-refractivity contribution in [1.29, 1.82) is 0 Å². The molecule has 1 N–H and O–H groups in total. The van der Waals surface area contributed by atoms with Gasteiger partial charge in [-0.2, -0.15) is 0 Å². The number of aromatic nitrogens is 1. The van der Waals surface area contributed by atoms with E-state index in [2.05, 4.69) is 4.98 Å². The van der Waals surface area contributed by atoms with E-state index in [4.69, 9.17) is 0 Å². The monoisotopic (exact) mass is 316 g/mol. The molecule has 1 saturated heterocycles. The first kappa shape index (κ1) is 15.0. The summed E-state index contributed by atoms with van der Waals surface area (Å²) >= 11 is 0. The third kappa shape index (κ3) is 3.14. The molecular formula is C17H20N2O2S. The van der Waals surface area contributed by atoms with Gasteiger partial charge in [0, 0.05) is 46.8 Å². The van der Waals surface area contributed by atoms with Crippen LogP contribution in [0.15, 0.2) is 42.6 Å². The Morgan fingerprint density at radius 1 is 1.36 bits per heavy atom. The Morgan fingerprint density at radius 2 is 2.23 bits per heavy atom. The standard InChI is InChI=1S/C17H20N2O2S/c1-22(21)12-13-5-2-6-14(11-13)17(20)19-10-4-8-16(19)15-7-3-9-18-15/h2-3,5-7,9,11,16,18H,4,8,10,12H2,1H3. The van der Waals surface area contributed by atoms with Gasteiger partial charge in [0.25, 0.3) is 5.91 Å². The molecule has 0 saturated carbocycles. The number of H-pyrrole nitrogens is 1. The highest BCUT2D eigenvalue weighted by molar-refractivity contribution is 7.83. The molecule has 2 aromatic rings. The molecule has 0 bridgehead atoms. The van der Waals surface area contributed by atoms with Crippen molar-refractivity contribution in [3.05, 3.63) is 59.4 Å². The Balaban J connectivity index is 1.82. The predicted molar refractivity (Wildman–Crippen MR) is 88.0 cm³/mol. The highest BCUT2D eigenvalue weighted by Crippen LogP contribution is 2.32. The SMILES string of the molecule is CS(=O)Cc1cccc(C(=O)N2CCCC2c2ccc[nH]2)c1. The van der Waals surface area contributed by atoms with Crippen LogP contribution in [0.3, 0.4) is 0 Å². The van der Waals surface area contributed by atoms with Crippen LogP contribution in [0.2, 0.25) is 0 Å². The number of nitrogens with one attached hydrogen (secondary N) is 1. The number of benzene rings is 1. The van der Waals surface area contributed by atoms with Crippen LogP contribution in [0.25, 0.3) is 0 Å². The lowest BCUT2D eigenvalue weighted by molar-refractivity contribution is 0.0733. The summed E-state index contributed by atoms with van der Waals surface area (Å²) in [5.74, 6) is 0.544. The summed E-state index contributed by atoms with van der Waals surface area (Å²) < 4.78 is 11.4. The van der Waals surface area contributed by atoms with Gasteiger partial charge in [-0.1, -0.05) is 12.1 Å². The Morgan fingerprint density at radius 3 is 2.95 bits per heavy atom. The number of amides is 1. The number of carbonyl (C=O) groups excluding carboxylic acids is 1. The van der Waals surface area contributed by atoms with E-state index in [0.717, 1.165) is 30.6 Å². The summed E-state index contributed by atoms with van der Waals surface area (Å²) in [7, 11) is -0.901. The van der Waals surface area contributed by atoms with Crippen molar-refractivity contribution in [2.75, 3.05) is 12.8 Å². The van der Waals surface area contributed by atoms with Gasteiger partial charge in [0.05, 0.1) is 6.04 Å². The van der Waals surface area contributed by atoms with Crippen molar-refractivity contribution in [2.45, 2.75) is 24.6 Å². The maximum atomic E-state index is 12.8. The molecule has 2 heterocycles. The zero-order chi connectivity index (χ0) is 15.5. The molecule has 1 aromatic heterocycles. The van der Waals surface area contributed by atoms with E-state index in [1.54, 1.807) is 6.26 Å². The molecule has 0 aliphatic carbocycles. The second-order valence-corrected chi connectivity index (χ2v) is 7.14. The van der Waals surface area contributed by atoms with Gasteiger partial charge >= 0.3 is 0 Å². The zero-order valence-corrected chi connectivity index (χ0v) is 13.4. The third-order valence-corrected chi connectivity index (χ3v) is 4.78. The van der Waals surface area contributed by atoms with Gasteiger partial charge in [-0.25, -0.2) is 0 Å². The van der Waals surface area contributed by atoms with Crippen molar-refractivity contribution in [1.82, 2.24) is 9.88 Å². The van der Waals surface area contributed by atoms with E-state index >= 15 is 0 Å². The van der Waals surface area contributed by atoms with Crippen molar-refractivity contribution < 1.29 is 9.00 Å². The molecule has 2 unspecified atom stereocenters. The van der Waals surface area contributed by atoms with Gasteiger partial charge < -0.3 is 9.88 Å². The van der Waals surface area contributed by atoms with Gasteiger partial charge in [-0.05, 0) is 42.7 Å². The molecule has 4 nitrogen and oxygen atoms in total. The van der Waals surface area contributed by atoms with Crippen LogP contribution in [0.5, 0.6) is 0 Å². The normalized spacial score (nSPS) is 19.3. The van der Waals surface area contributed by atoms with E-state index in [-0.39, 0.29) is 11.9 Å². The molecule has 5 heteroatoms. The quantitative estimate of drug-likeness (QED) is 0.943. The Kier molecular flexibility index (Phi) is 4.43. The fourth-order valence-corrected chi connectivity index (χ4v) is 3.73. The third-order valence-electron chi connectivity index (χ3n) is 4.04. The molecular weight excluding hydrogens is 296 g/mol. The average Bonchev–Trinajstić information content (AvgIpc) is 3.16. The fourth-order valence-electron chi connectivity index (χ4n) is 3.08. The summed E-state index contributed by atoms with van der Waals surface area (Å²) in [4.78, 5) is 18.0. The lowest BCUT2D eigenvalue weighted by Crippen LogP contribution is -2.30. The largest absolute Gasteiger partial charge is 0.363 e. The Hall–Kier alpha value is -1.88. The summed E-state index contributed by atoms with van der Waals surface area (Å²) in [6, 6.07) is 11.6. The Labute approximate surface area is 133 Å². The topological polar surface area (TPSA) is 53.2 Å². The zero-order valence-electron chi connectivity index (χ0n) is 12.6. The van der Waals surface area contributed by atoms with Gasteiger partial charge in [0.1, 0.15) is 0 Å². The van der Waals surface area contributed by atoms with Crippen molar-refractivity contribution in [3.63, 3.8) is 0 Å². The number of likely N-dealkylation sites (tertiary alicyclic amines) is 1. The maximum Gasteiger partial charge on any atom is 0.254 e. The summed E-state index contributed by atoms with van der Waals surface area (Å²) in [6.45, 7) is 0.784. The molecule has 116 valence electrons. The van der Waals surface area contributed by atoms with Crippen LogP contribution in [-0.4, -0.2) is 32.8 Å². The fraction of sp³-hybridized carbons (Fsp3) is 0.353. The second kappa shape index (κ2) is 6.48. The van der Waals surface area contributed by atoms with E-state index < -0.39 is 10.8 Å². The minimum atomic E-state index is -0.901. The summed E-state index contributed by atoms with van der Waals surface area (Å²) in [5, 5.41) is 0. The molecule has 3 rings (SSSR count). The van der Waals surface area contributed by atoms with Crippen LogP contribution in [-0.2, 0) is 16.6 Å². The first-order chi connectivity index (χ1) is 10.6. The lowest BCUT2D eigenvalue weighted by atomic mass is 10.1. The molecule has 22 heavy (non-hydrogen) atoms. The number of aromatic amines is 1. The number of nitrogens with zero attached hydrogens (tertiary/aromatic N) is 1. The van der Waals surface area contributed by atoms with Gasteiger partial charge in [0.15, 0.2) is 0 Å². The highest BCUT2D eigenvalue weighted by Gasteiger charge is 2.31. The van der Waals surface area contributed by atoms with Crippen molar-refractivity contribution in [3.8, 4) is 0 Å². The lowest BCUT2D eigenvalue weighted by Gasteiger charge is -2.24. The molecule has 0 radical (unpaired) electrons. The minimum absolute atomic E-state index is 0.0563. The molecule has 1 aliphatic rings. The smallest absolute Gasteiger partial charge is 0.254 e. The van der Waals surface area contributed by atoms with Crippen LogP contribution in [0, 0.1) is 0 Å². The molecule has 1 fully saturated rings. The van der Waals surface area contributed by atoms with Crippen LogP contribution in [0.1, 0.15) is 40.5 Å². The van der Waals surface area contributed by atoms with E-state index in [1.165, 1.54) is 0 Å². The van der Waals surface area contributed by atoms with E-state index in [1.807, 2.05) is 47.5 Å². The molecule has 2 atom stereocenters. The minimum Gasteiger partial charge on any atom is -0.363 e. The molecule has 1 amide bonds. The average molecular weight is 316 g/mol. The summed E-state index contributed by atoms with van der Waals surface area (Å²) in [6.07, 6.45) is 5.59. The molecule has 0 spiro atoms. The van der Waals surface area contributed by atoms with Crippen LogP contribution in [0.4, 0.5) is 0 Å². The molecule has 1 aromatic carbocycles. The first-order valence-electron chi connectivity index (χ1n) is 7.48. The second-order valence-electron chi connectivity index (χ2n) is 5.70. The Bertz CT molecular complexity index is 682. The highest BCUT2D eigenvalue weighted by atomic mass is 32.2. The van der Waals surface area contributed by atoms with Gasteiger partial charge in [-0.3, -0.25) is 9.00 Å². The van der Waals surface area contributed by atoms with Gasteiger partial charge in [-0.15, -0.1) is 0 Å². The van der Waals surface area contributed by atoms with Crippen molar-refractivity contribution in [2.24, 2.45) is 0 Å². The summed E-state index contributed by atoms with van der Waals surface area (Å²) in [5.41, 5.74) is 2.72. The predicted octanol–water partition coefficient (Wildman–Crippen LogP) is 2.87. The number of hydrogen-bond donors (Lipinski definition) is 1.